The number of piperazine rings is 1. The first-order valence-electron chi connectivity index (χ1n) is 14.3. The van der Waals surface area contributed by atoms with Gasteiger partial charge in [-0.3, -0.25) is 4.79 Å². The van der Waals surface area contributed by atoms with E-state index in [4.69, 9.17) is 11.6 Å². The van der Waals surface area contributed by atoms with Crippen LogP contribution in [0.2, 0.25) is 5.02 Å². The van der Waals surface area contributed by atoms with E-state index in [9.17, 15) is 26.8 Å². The Bertz CT molecular complexity index is 1340. The van der Waals surface area contributed by atoms with Crippen molar-refractivity contribution in [3.8, 4) is 0 Å². The van der Waals surface area contributed by atoms with Crippen LogP contribution in [0.1, 0.15) is 63.9 Å². The van der Waals surface area contributed by atoms with E-state index in [0.29, 0.717) is 23.6 Å². The van der Waals surface area contributed by atoms with Crippen molar-refractivity contribution in [2.45, 2.75) is 75.3 Å². The van der Waals surface area contributed by atoms with Crippen molar-refractivity contribution in [2.24, 2.45) is 11.8 Å². The summed E-state index contributed by atoms with van der Waals surface area (Å²) in [7, 11) is -3.84. The van der Waals surface area contributed by atoms with Crippen LogP contribution in [0.4, 0.5) is 8.78 Å². The normalized spacial score (nSPS) is 23.6. The molecule has 0 aromatic heterocycles. The van der Waals surface area contributed by atoms with E-state index in [2.05, 4.69) is 17.6 Å². The summed E-state index contributed by atoms with van der Waals surface area (Å²) in [5.74, 6) is -3.00. The minimum Gasteiger partial charge on any atom is -0.352 e. The number of rotatable bonds is 13. The molecule has 1 saturated carbocycles. The van der Waals surface area contributed by atoms with Gasteiger partial charge in [0.2, 0.25) is 15.9 Å². The average molecular weight is 610 g/mol. The van der Waals surface area contributed by atoms with Gasteiger partial charge >= 0.3 is 0 Å². The highest BCUT2D eigenvalue weighted by Gasteiger charge is 2.57. The van der Waals surface area contributed by atoms with Crippen LogP contribution in [0.5, 0.6) is 0 Å². The van der Waals surface area contributed by atoms with Crippen LogP contribution >= 0.6 is 11.6 Å². The number of nitrogens with one attached hydrogen (secondary N) is 2. The van der Waals surface area contributed by atoms with Gasteiger partial charge in [-0.2, -0.15) is 4.31 Å². The highest BCUT2D eigenvalue weighted by atomic mass is 35.5. The third-order valence-corrected chi connectivity index (χ3v) is 10.1. The zero-order chi connectivity index (χ0) is 29.7. The number of carbonyl (C=O) groups excluding carboxylic acids is 2. The lowest BCUT2D eigenvalue weighted by atomic mass is 9.94. The Morgan fingerprint density at radius 3 is 2.51 bits per heavy atom. The second-order valence-corrected chi connectivity index (χ2v) is 13.5. The van der Waals surface area contributed by atoms with Gasteiger partial charge in [-0.15, -0.1) is 0 Å². The molecule has 0 spiro atoms. The number of carbonyl (C=O) groups is 2. The van der Waals surface area contributed by atoms with E-state index in [-0.39, 0.29) is 48.1 Å². The molecular weight excluding hydrogens is 572 g/mol. The van der Waals surface area contributed by atoms with Gasteiger partial charge in [0.1, 0.15) is 17.4 Å². The molecule has 41 heavy (non-hydrogen) atoms. The van der Waals surface area contributed by atoms with Gasteiger partial charge in [-0.05, 0) is 49.2 Å². The first-order chi connectivity index (χ1) is 19.5. The van der Waals surface area contributed by atoms with Crippen molar-refractivity contribution in [1.82, 2.24) is 14.9 Å². The van der Waals surface area contributed by atoms with Crippen LogP contribution in [0.15, 0.2) is 47.4 Å². The lowest BCUT2D eigenvalue weighted by Crippen LogP contribution is -2.54. The number of nitrogens with zero attached hydrogens (tertiary/aromatic N) is 1. The number of benzene rings is 2. The standard InChI is InChI=1S/C30H38ClF2N3O4S/c1-3-4-5-6-8-20(13-19(2)37)30(38)35-29-27(21-14-23(32)17-24(33)15-21)28(29)26-18-36(12-11-34-26)41(39,40)25-10-7-9-22(31)16-25/h7,9-10,14-17,20,26-29,34H,3-6,8,11-13,18H2,1-2H3,(H,35,38)/t20?,26-,27-,28+,29?/m1/s1. The predicted octanol–water partition coefficient (Wildman–Crippen LogP) is 5.04. The smallest absolute Gasteiger partial charge is 0.243 e. The number of Topliss-reactive ketones (excluding diaryl/α,β-unsaturated/α-hetero) is 1. The molecule has 2 aromatic rings. The summed E-state index contributed by atoms with van der Waals surface area (Å²) in [6.45, 7) is 4.30. The van der Waals surface area contributed by atoms with Gasteiger partial charge in [0.25, 0.3) is 0 Å². The molecule has 1 aliphatic carbocycles. The highest BCUT2D eigenvalue weighted by Crippen LogP contribution is 2.51. The average Bonchev–Trinajstić information content (AvgIpc) is 3.63. The van der Waals surface area contributed by atoms with Crippen LogP contribution in [0.3, 0.4) is 0 Å². The van der Waals surface area contributed by atoms with E-state index in [1.807, 2.05) is 0 Å². The van der Waals surface area contributed by atoms with Gasteiger partial charge in [0.15, 0.2) is 0 Å². The molecule has 2 unspecified atom stereocenters. The minimum atomic E-state index is -3.84. The molecule has 224 valence electrons. The van der Waals surface area contributed by atoms with Gasteiger partial charge in [-0.25, -0.2) is 17.2 Å². The Kier molecular flexibility index (Phi) is 10.5. The van der Waals surface area contributed by atoms with Gasteiger partial charge < -0.3 is 15.4 Å². The molecule has 4 rings (SSSR count). The Balaban J connectivity index is 1.55. The number of halogens is 3. The van der Waals surface area contributed by atoms with Crippen LogP contribution in [-0.2, 0) is 19.6 Å². The third kappa shape index (κ3) is 7.91. The monoisotopic (exact) mass is 609 g/mol. The summed E-state index contributed by atoms with van der Waals surface area (Å²) >= 11 is 6.05. The number of amides is 1. The summed E-state index contributed by atoms with van der Waals surface area (Å²) < 4.78 is 56.6. The van der Waals surface area contributed by atoms with Crippen molar-refractivity contribution in [2.75, 3.05) is 19.6 Å². The first-order valence-corrected chi connectivity index (χ1v) is 16.1. The topological polar surface area (TPSA) is 95.6 Å². The van der Waals surface area contributed by atoms with Crippen molar-refractivity contribution >= 4 is 33.3 Å². The summed E-state index contributed by atoms with van der Waals surface area (Å²) in [4.78, 5) is 25.5. The highest BCUT2D eigenvalue weighted by molar-refractivity contribution is 7.89. The molecular formula is C30H38ClF2N3O4S. The summed E-state index contributed by atoms with van der Waals surface area (Å²) in [6.07, 6.45) is 4.61. The van der Waals surface area contributed by atoms with Crippen molar-refractivity contribution in [1.29, 1.82) is 0 Å². The molecule has 1 amide bonds. The van der Waals surface area contributed by atoms with E-state index in [1.54, 1.807) is 12.1 Å². The third-order valence-electron chi connectivity index (χ3n) is 8.03. The van der Waals surface area contributed by atoms with Crippen LogP contribution in [0.25, 0.3) is 0 Å². The Morgan fingerprint density at radius 2 is 1.85 bits per heavy atom. The number of hydrogen-bond donors (Lipinski definition) is 2. The molecule has 7 nitrogen and oxygen atoms in total. The molecule has 0 bridgehead atoms. The van der Waals surface area contributed by atoms with Crippen LogP contribution < -0.4 is 10.6 Å². The molecule has 11 heteroatoms. The van der Waals surface area contributed by atoms with Gasteiger partial charge in [-0.1, -0.05) is 50.3 Å². The Labute approximate surface area is 246 Å². The molecule has 2 aromatic carbocycles. The zero-order valence-corrected chi connectivity index (χ0v) is 25.0. The summed E-state index contributed by atoms with van der Waals surface area (Å²) in [5.41, 5.74) is 0.403. The molecule has 2 fully saturated rings. The lowest BCUT2D eigenvalue weighted by molar-refractivity contribution is -0.129. The molecule has 2 aliphatic rings. The van der Waals surface area contributed by atoms with E-state index in [1.165, 1.54) is 35.5 Å². The zero-order valence-electron chi connectivity index (χ0n) is 23.4. The number of sulfonamides is 1. The number of unbranched alkanes of at least 4 members (excludes halogenated alkanes) is 3. The fourth-order valence-electron chi connectivity index (χ4n) is 5.99. The molecule has 5 atom stereocenters. The second kappa shape index (κ2) is 13.7. The maximum absolute atomic E-state index is 14.2. The summed E-state index contributed by atoms with van der Waals surface area (Å²) in [5, 5.41) is 6.74. The van der Waals surface area contributed by atoms with Gasteiger partial charge in [0.05, 0.1) is 4.90 Å². The van der Waals surface area contributed by atoms with Gasteiger partial charge in [0, 0.05) is 67.0 Å². The SMILES string of the molecule is CCCCCCC(CC(C)=O)C(=O)NC1[C@@H]([C@H]2CN(S(=O)(=O)c3cccc(Cl)c3)CCN2)[C@H]1c1cc(F)cc(F)c1. The fourth-order valence-corrected chi connectivity index (χ4v) is 7.76. The quantitative estimate of drug-likeness (QED) is 0.310. The Hall–Kier alpha value is -2.40. The van der Waals surface area contributed by atoms with Crippen LogP contribution in [-0.4, -0.2) is 56.1 Å². The van der Waals surface area contributed by atoms with Crippen molar-refractivity contribution < 1.29 is 26.8 Å². The summed E-state index contributed by atoms with van der Waals surface area (Å²) in [6, 6.07) is 8.54. The van der Waals surface area contributed by atoms with E-state index >= 15 is 0 Å². The second-order valence-electron chi connectivity index (χ2n) is 11.2. The van der Waals surface area contributed by atoms with E-state index < -0.39 is 39.5 Å². The molecule has 1 saturated heterocycles. The molecule has 2 N–H and O–H groups in total. The molecule has 1 aliphatic heterocycles. The fraction of sp³-hybridized carbons (Fsp3) is 0.533. The number of hydrogen-bond acceptors (Lipinski definition) is 5. The van der Waals surface area contributed by atoms with Crippen molar-refractivity contribution in [3.05, 3.63) is 64.7 Å². The van der Waals surface area contributed by atoms with E-state index in [0.717, 1.165) is 31.7 Å². The maximum atomic E-state index is 14.2. The largest absolute Gasteiger partial charge is 0.352 e. The number of ketones is 1. The first kappa shape index (κ1) is 31.5. The van der Waals surface area contributed by atoms with Crippen molar-refractivity contribution in [3.63, 3.8) is 0 Å². The van der Waals surface area contributed by atoms with Crippen LogP contribution in [0, 0.1) is 23.5 Å². The predicted molar refractivity (Wildman–Crippen MR) is 154 cm³/mol. The maximum Gasteiger partial charge on any atom is 0.243 e. The minimum absolute atomic E-state index is 0.0763. The molecule has 0 radical (unpaired) electrons. The Morgan fingerprint density at radius 1 is 1.12 bits per heavy atom. The molecule has 1 heterocycles. The lowest BCUT2D eigenvalue weighted by Gasteiger charge is -2.33.